The zero-order valence-corrected chi connectivity index (χ0v) is 8.83. The minimum absolute atomic E-state index is 0.0746. The van der Waals surface area contributed by atoms with E-state index in [0.717, 1.165) is 12.8 Å². The minimum Gasteiger partial charge on any atom is -0.376 e. The topological polar surface area (TPSA) is 73.6 Å². The Kier molecular flexibility index (Phi) is 3.23. The van der Waals surface area contributed by atoms with Gasteiger partial charge in [0.2, 0.25) is 0 Å². The summed E-state index contributed by atoms with van der Waals surface area (Å²) in [4.78, 5) is 11.6. The van der Waals surface area contributed by atoms with Crippen LogP contribution >= 0.6 is 0 Å². The molecule has 1 aliphatic heterocycles. The maximum absolute atomic E-state index is 11.6. The Bertz CT molecular complexity index is 235. The van der Waals surface area contributed by atoms with E-state index in [9.17, 15) is 4.79 Å². The monoisotopic (exact) mass is 214 g/mol. The smallest absolute Gasteiger partial charge is 0.251 e. The van der Waals surface area contributed by atoms with Crippen LogP contribution in [0.25, 0.3) is 0 Å². The van der Waals surface area contributed by atoms with Crippen molar-refractivity contribution in [1.82, 2.24) is 5.32 Å². The second-order valence-electron chi connectivity index (χ2n) is 4.36. The molecule has 15 heavy (non-hydrogen) atoms. The zero-order valence-electron chi connectivity index (χ0n) is 8.83. The summed E-state index contributed by atoms with van der Waals surface area (Å²) in [5.41, 5.74) is 5.80. The largest absolute Gasteiger partial charge is 0.376 e. The molecule has 3 N–H and O–H groups in total. The van der Waals surface area contributed by atoms with Gasteiger partial charge in [0.15, 0.2) is 6.10 Å². The average Bonchev–Trinajstić information content (AvgIpc) is 3.08. The molecule has 5 heteroatoms. The molecule has 1 atom stereocenters. The molecular formula is C10H18N2O3. The third-order valence-electron chi connectivity index (χ3n) is 3.14. The van der Waals surface area contributed by atoms with Crippen LogP contribution < -0.4 is 11.1 Å². The van der Waals surface area contributed by atoms with Gasteiger partial charge in [-0.1, -0.05) is 0 Å². The quantitative estimate of drug-likeness (QED) is 0.646. The molecular weight excluding hydrogens is 196 g/mol. The molecule has 0 aromatic rings. The molecule has 2 rings (SSSR count). The van der Waals surface area contributed by atoms with E-state index in [-0.39, 0.29) is 11.3 Å². The fourth-order valence-electron chi connectivity index (χ4n) is 1.66. The molecule has 0 radical (unpaired) electrons. The van der Waals surface area contributed by atoms with Crippen LogP contribution in [0.15, 0.2) is 0 Å². The van der Waals surface area contributed by atoms with Crippen molar-refractivity contribution in [1.29, 1.82) is 0 Å². The SMILES string of the molecule is NCC1(CNC(=O)C2COCCO2)CC1. The van der Waals surface area contributed by atoms with Crippen LogP contribution in [0.4, 0.5) is 0 Å². The van der Waals surface area contributed by atoms with Crippen LogP contribution in [0, 0.1) is 5.41 Å². The van der Waals surface area contributed by atoms with Crippen molar-refractivity contribution in [2.45, 2.75) is 18.9 Å². The molecule has 2 fully saturated rings. The lowest BCUT2D eigenvalue weighted by atomic mass is 10.1. The first-order valence-corrected chi connectivity index (χ1v) is 5.43. The molecule has 86 valence electrons. The Balaban J connectivity index is 1.72. The summed E-state index contributed by atoms with van der Waals surface area (Å²) in [5, 5.41) is 2.88. The van der Waals surface area contributed by atoms with E-state index in [2.05, 4.69) is 5.32 Å². The van der Waals surface area contributed by atoms with Crippen molar-refractivity contribution in [3.05, 3.63) is 0 Å². The third-order valence-corrected chi connectivity index (χ3v) is 3.14. The van der Waals surface area contributed by atoms with Crippen molar-refractivity contribution in [3.63, 3.8) is 0 Å². The summed E-state index contributed by atoms with van der Waals surface area (Å²) in [6.07, 6.45) is 1.80. The molecule has 1 aliphatic carbocycles. The maximum atomic E-state index is 11.6. The molecule has 1 heterocycles. The third kappa shape index (κ3) is 2.68. The predicted molar refractivity (Wildman–Crippen MR) is 54.3 cm³/mol. The van der Waals surface area contributed by atoms with Crippen LogP contribution in [0.1, 0.15) is 12.8 Å². The lowest BCUT2D eigenvalue weighted by Crippen LogP contribution is -2.45. The maximum Gasteiger partial charge on any atom is 0.251 e. The van der Waals surface area contributed by atoms with Crippen LogP contribution in [0.5, 0.6) is 0 Å². The molecule has 2 aliphatic rings. The number of ether oxygens (including phenoxy) is 2. The van der Waals surface area contributed by atoms with Gasteiger partial charge in [-0.15, -0.1) is 0 Å². The van der Waals surface area contributed by atoms with E-state index in [4.69, 9.17) is 15.2 Å². The molecule has 5 nitrogen and oxygen atoms in total. The summed E-state index contributed by atoms with van der Waals surface area (Å²) in [7, 11) is 0. The molecule has 1 saturated carbocycles. The number of carbonyl (C=O) groups excluding carboxylic acids is 1. The van der Waals surface area contributed by atoms with Gasteiger partial charge in [0, 0.05) is 6.54 Å². The predicted octanol–water partition coefficient (Wildman–Crippen LogP) is -0.743. The highest BCUT2D eigenvalue weighted by molar-refractivity contribution is 5.81. The molecule has 0 aromatic carbocycles. The van der Waals surface area contributed by atoms with Gasteiger partial charge < -0.3 is 20.5 Å². The van der Waals surface area contributed by atoms with Gasteiger partial charge in [0.1, 0.15) is 0 Å². The highest BCUT2D eigenvalue weighted by Crippen LogP contribution is 2.43. The van der Waals surface area contributed by atoms with Gasteiger partial charge in [-0.05, 0) is 24.8 Å². The number of nitrogens with two attached hydrogens (primary N) is 1. The second kappa shape index (κ2) is 4.47. The molecule has 0 bridgehead atoms. The minimum atomic E-state index is -0.438. The normalized spacial score (nSPS) is 28.5. The highest BCUT2D eigenvalue weighted by atomic mass is 16.6. The van der Waals surface area contributed by atoms with Gasteiger partial charge in [-0.3, -0.25) is 4.79 Å². The van der Waals surface area contributed by atoms with E-state index in [1.807, 2.05) is 0 Å². The van der Waals surface area contributed by atoms with E-state index >= 15 is 0 Å². The van der Waals surface area contributed by atoms with Gasteiger partial charge in [0.25, 0.3) is 5.91 Å². The number of rotatable bonds is 4. The van der Waals surface area contributed by atoms with E-state index in [1.165, 1.54) is 0 Å². The Hall–Kier alpha value is -0.650. The van der Waals surface area contributed by atoms with Crippen LogP contribution in [0.2, 0.25) is 0 Å². The van der Waals surface area contributed by atoms with Crippen molar-refractivity contribution in [2.24, 2.45) is 11.1 Å². The molecule has 1 unspecified atom stereocenters. The average molecular weight is 214 g/mol. The van der Waals surface area contributed by atoms with Crippen molar-refractivity contribution >= 4 is 5.91 Å². The highest BCUT2D eigenvalue weighted by Gasteiger charge is 2.41. The molecule has 1 saturated heterocycles. The van der Waals surface area contributed by atoms with Gasteiger partial charge in [-0.2, -0.15) is 0 Å². The van der Waals surface area contributed by atoms with Crippen molar-refractivity contribution in [2.75, 3.05) is 32.9 Å². The first-order chi connectivity index (χ1) is 7.26. The summed E-state index contributed by atoms with van der Waals surface area (Å²) in [6.45, 7) is 2.76. The molecule has 0 aromatic heterocycles. The van der Waals surface area contributed by atoms with E-state index in [0.29, 0.717) is 32.9 Å². The number of carbonyl (C=O) groups is 1. The first-order valence-electron chi connectivity index (χ1n) is 5.43. The first kappa shape index (κ1) is 10.9. The Labute approximate surface area is 89.3 Å². The van der Waals surface area contributed by atoms with E-state index < -0.39 is 6.10 Å². The fraction of sp³-hybridized carbons (Fsp3) is 0.900. The summed E-state index contributed by atoms with van der Waals surface area (Å²) in [6, 6.07) is 0. The van der Waals surface area contributed by atoms with Gasteiger partial charge in [0.05, 0.1) is 19.8 Å². The lowest BCUT2D eigenvalue weighted by Gasteiger charge is -2.23. The van der Waals surface area contributed by atoms with Crippen LogP contribution in [-0.2, 0) is 14.3 Å². The number of hydrogen-bond donors (Lipinski definition) is 2. The summed E-state index contributed by atoms with van der Waals surface area (Å²) >= 11 is 0. The Morgan fingerprint density at radius 1 is 1.47 bits per heavy atom. The van der Waals surface area contributed by atoms with Crippen LogP contribution in [-0.4, -0.2) is 44.9 Å². The second-order valence-corrected chi connectivity index (χ2v) is 4.36. The lowest BCUT2D eigenvalue weighted by molar-refractivity contribution is -0.147. The van der Waals surface area contributed by atoms with Crippen molar-refractivity contribution < 1.29 is 14.3 Å². The van der Waals surface area contributed by atoms with Gasteiger partial charge in [-0.25, -0.2) is 0 Å². The molecule has 0 spiro atoms. The summed E-state index contributed by atoms with van der Waals surface area (Å²) < 4.78 is 10.5. The van der Waals surface area contributed by atoms with Crippen molar-refractivity contribution in [3.8, 4) is 0 Å². The zero-order chi connectivity index (χ0) is 10.7. The number of amides is 1. The van der Waals surface area contributed by atoms with Gasteiger partial charge >= 0.3 is 0 Å². The molecule has 1 amide bonds. The van der Waals surface area contributed by atoms with Crippen LogP contribution in [0.3, 0.4) is 0 Å². The summed E-state index contributed by atoms with van der Waals surface area (Å²) in [5.74, 6) is -0.0746. The standard InChI is InChI=1S/C10H18N2O3/c11-6-10(1-2-10)7-12-9(13)8-5-14-3-4-15-8/h8H,1-7,11H2,(H,12,13). The Morgan fingerprint density at radius 2 is 2.27 bits per heavy atom. The fourth-order valence-corrected chi connectivity index (χ4v) is 1.66. The Morgan fingerprint density at radius 3 is 2.80 bits per heavy atom. The number of nitrogens with one attached hydrogen (secondary N) is 1. The van der Waals surface area contributed by atoms with E-state index in [1.54, 1.807) is 0 Å². The number of hydrogen-bond acceptors (Lipinski definition) is 4.